The zero-order valence-electron chi connectivity index (χ0n) is 11.2. The second-order valence-corrected chi connectivity index (χ2v) is 4.73. The highest BCUT2D eigenvalue weighted by atomic mass is 15.3. The lowest BCUT2D eigenvalue weighted by molar-refractivity contribution is 0.694. The highest BCUT2D eigenvalue weighted by molar-refractivity contribution is 5.63. The van der Waals surface area contributed by atoms with Crippen LogP contribution in [0.25, 0.3) is 11.3 Å². The highest BCUT2D eigenvalue weighted by Crippen LogP contribution is 2.24. The van der Waals surface area contributed by atoms with Crippen molar-refractivity contribution in [1.82, 2.24) is 9.78 Å². The summed E-state index contributed by atoms with van der Waals surface area (Å²) in [5.41, 5.74) is 10.4. The average molecular weight is 263 g/mol. The summed E-state index contributed by atoms with van der Waals surface area (Å²) < 4.78 is 2.02. The number of nitrogens with zero attached hydrogens (tertiary/aromatic N) is 2. The van der Waals surface area contributed by atoms with E-state index >= 15 is 0 Å². The van der Waals surface area contributed by atoms with Crippen LogP contribution < -0.4 is 5.73 Å². The van der Waals surface area contributed by atoms with Gasteiger partial charge in [0.2, 0.25) is 0 Å². The first-order chi connectivity index (χ1) is 9.88. The molecule has 100 valence electrons. The van der Waals surface area contributed by atoms with Crippen molar-refractivity contribution in [3.05, 3.63) is 78.0 Å². The molecule has 3 heteroatoms. The summed E-state index contributed by atoms with van der Waals surface area (Å²) in [4.78, 5) is 0. The van der Waals surface area contributed by atoms with Crippen LogP contribution in [-0.2, 0) is 13.1 Å². The summed E-state index contributed by atoms with van der Waals surface area (Å²) >= 11 is 0. The van der Waals surface area contributed by atoms with Crippen molar-refractivity contribution in [2.45, 2.75) is 13.1 Å². The molecule has 0 spiro atoms. The second-order valence-electron chi connectivity index (χ2n) is 4.73. The fourth-order valence-electron chi connectivity index (χ4n) is 2.38. The Morgan fingerprint density at radius 3 is 2.20 bits per heavy atom. The summed E-state index contributed by atoms with van der Waals surface area (Å²) in [5, 5.41) is 4.50. The molecule has 0 saturated heterocycles. The SMILES string of the molecule is NCc1cnn(Cc2ccccc2)c1-c1ccccc1. The molecule has 0 aliphatic rings. The van der Waals surface area contributed by atoms with E-state index in [1.54, 1.807) is 0 Å². The topological polar surface area (TPSA) is 43.8 Å². The number of benzene rings is 2. The average Bonchev–Trinajstić information content (AvgIpc) is 2.92. The van der Waals surface area contributed by atoms with E-state index in [4.69, 9.17) is 5.73 Å². The van der Waals surface area contributed by atoms with Gasteiger partial charge in [0.1, 0.15) is 0 Å². The lowest BCUT2D eigenvalue weighted by Crippen LogP contribution is -2.05. The zero-order valence-corrected chi connectivity index (χ0v) is 11.2. The van der Waals surface area contributed by atoms with E-state index in [9.17, 15) is 0 Å². The summed E-state index contributed by atoms with van der Waals surface area (Å²) in [5.74, 6) is 0. The van der Waals surface area contributed by atoms with Crippen LogP contribution in [0, 0.1) is 0 Å². The van der Waals surface area contributed by atoms with Gasteiger partial charge in [-0.3, -0.25) is 4.68 Å². The van der Waals surface area contributed by atoms with Gasteiger partial charge in [-0.25, -0.2) is 0 Å². The number of hydrogen-bond acceptors (Lipinski definition) is 2. The smallest absolute Gasteiger partial charge is 0.0731 e. The van der Waals surface area contributed by atoms with E-state index in [1.165, 1.54) is 5.56 Å². The van der Waals surface area contributed by atoms with Crippen molar-refractivity contribution in [3.63, 3.8) is 0 Å². The fourth-order valence-corrected chi connectivity index (χ4v) is 2.38. The first-order valence-electron chi connectivity index (χ1n) is 6.72. The standard InChI is InChI=1S/C17H17N3/c18-11-16-12-19-20(13-14-7-3-1-4-8-14)17(16)15-9-5-2-6-10-15/h1-10,12H,11,13,18H2. The molecule has 0 atom stereocenters. The minimum atomic E-state index is 0.499. The van der Waals surface area contributed by atoms with Crippen molar-refractivity contribution < 1.29 is 0 Å². The lowest BCUT2D eigenvalue weighted by Gasteiger charge is -2.09. The summed E-state index contributed by atoms with van der Waals surface area (Å²) in [6.07, 6.45) is 1.87. The van der Waals surface area contributed by atoms with E-state index in [0.29, 0.717) is 6.54 Å². The molecular weight excluding hydrogens is 246 g/mol. The normalized spacial score (nSPS) is 10.7. The van der Waals surface area contributed by atoms with Gasteiger partial charge < -0.3 is 5.73 Å². The molecule has 0 radical (unpaired) electrons. The maximum absolute atomic E-state index is 5.84. The van der Waals surface area contributed by atoms with Gasteiger partial charge in [-0.05, 0) is 5.56 Å². The van der Waals surface area contributed by atoms with Gasteiger partial charge in [-0.2, -0.15) is 5.10 Å². The minimum absolute atomic E-state index is 0.499. The minimum Gasteiger partial charge on any atom is -0.326 e. The van der Waals surface area contributed by atoms with Gasteiger partial charge >= 0.3 is 0 Å². The maximum atomic E-state index is 5.84. The highest BCUT2D eigenvalue weighted by Gasteiger charge is 2.11. The van der Waals surface area contributed by atoms with Crippen molar-refractivity contribution >= 4 is 0 Å². The van der Waals surface area contributed by atoms with Crippen LogP contribution in [-0.4, -0.2) is 9.78 Å². The first-order valence-corrected chi connectivity index (χ1v) is 6.72. The number of hydrogen-bond donors (Lipinski definition) is 1. The Kier molecular flexibility index (Phi) is 3.61. The first kappa shape index (κ1) is 12.6. The number of aromatic nitrogens is 2. The van der Waals surface area contributed by atoms with Crippen LogP contribution >= 0.6 is 0 Å². The monoisotopic (exact) mass is 263 g/mol. The molecule has 0 unspecified atom stereocenters. The van der Waals surface area contributed by atoms with Crippen molar-refractivity contribution in [3.8, 4) is 11.3 Å². The molecular formula is C17H17N3. The Morgan fingerprint density at radius 1 is 0.900 bits per heavy atom. The third-order valence-corrected chi connectivity index (χ3v) is 3.36. The molecule has 0 fully saturated rings. The van der Waals surface area contributed by atoms with Gasteiger partial charge in [-0.1, -0.05) is 60.7 Å². The Morgan fingerprint density at radius 2 is 1.55 bits per heavy atom. The molecule has 20 heavy (non-hydrogen) atoms. The molecule has 0 aliphatic carbocycles. The number of nitrogens with two attached hydrogens (primary N) is 1. The van der Waals surface area contributed by atoms with Crippen molar-refractivity contribution in [2.24, 2.45) is 5.73 Å². The van der Waals surface area contributed by atoms with E-state index in [-0.39, 0.29) is 0 Å². The molecule has 0 saturated carbocycles. The van der Waals surface area contributed by atoms with Crippen molar-refractivity contribution in [2.75, 3.05) is 0 Å². The van der Waals surface area contributed by atoms with Crippen LogP contribution in [0.15, 0.2) is 66.9 Å². The van der Waals surface area contributed by atoms with Crippen molar-refractivity contribution in [1.29, 1.82) is 0 Å². The molecule has 3 rings (SSSR count). The molecule has 3 aromatic rings. The quantitative estimate of drug-likeness (QED) is 0.786. The number of rotatable bonds is 4. The molecule has 0 amide bonds. The maximum Gasteiger partial charge on any atom is 0.0731 e. The summed E-state index contributed by atoms with van der Waals surface area (Å²) in [6, 6.07) is 20.6. The second kappa shape index (κ2) is 5.72. The van der Waals surface area contributed by atoms with Crippen LogP contribution in [0.4, 0.5) is 0 Å². The third-order valence-electron chi connectivity index (χ3n) is 3.36. The molecule has 0 bridgehead atoms. The lowest BCUT2D eigenvalue weighted by atomic mass is 10.1. The Labute approximate surface area is 118 Å². The van der Waals surface area contributed by atoms with Gasteiger partial charge in [0, 0.05) is 17.7 Å². The zero-order chi connectivity index (χ0) is 13.8. The van der Waals surface area contributed by atoms with Crippen LogP contribution in [0.2, 0.25) is 0 Å². The largest absolute Gasteiger partial charge is 0.326 e. The molecule has 0 aliphatic heterocycles. The fraction of sp³-hybridized carbons (Fsp3) is 0.118. The summed E-state index contributed by atoms with van der Waals surface area (Å²) in [6.45, 7) is 1.25. The molecule has 1 aromatic heterocycles. The van der Waals surface area contributed by atoms with Crippen LogP contribution in [0.1, 0.15) is 11.1 Å². The van der Waals surface area contributed by atoms with Crippen LogP contribution in [0.3, 0.4) is 0 Å². The van der Waals surface area contributed by atoms with Gasteiger partial charge in [-0.15, -0.1) is 0 Å². The molecule has 1 heterocycles. The predicted molar refractivity (Wildman–Crippen MR) is 81.1 cm³/mol. The predicted octanol–water partition coefficient (Wildman–Crippen LogP) is 3.06. The van der Waals surface area contributed by atoms with E-state index in [0.717, 1.165) is 23.4 Å². The Bertz CT molecular complexity index is 672. The third kappa shape index (κ3) is 2.49. The van der Waals surface area contributed by atoms with E-state index in [2.05, 4.69) is 29.4 Å². The van der Waals surface area contributed by atoms with Crippen LogP contribution in [0.5, 0.6) is 0 Å². The molecule has 2 N–H and O–H groups in total. The molecule has 2 aromatic carbocycles. The molecule has 3 nitrogen and oxygen atoms in total. The van der Waals surface area contributed by atoms with Gasteiger partial charge in [0.25, 0.3) is 0 Å². The van der Waals surface area contributed by atoms with E-state index in [1.807, 2.05) is 47.3 Å². The van der Waals surface area contributed by atoms with Gasteiger partial charge in [0.15, 0.2) is 0 Å². The Balaban J connectivity index is 2.02. The van der Waals surface area contributed by atoms with E-state index < -0.39 is 0 Å². The Hall–Kier alpha value is -2.39. The summed E-state index contributed by atoms with van der Waals surface area (Å²) in [7, 11) is 0. The van der Waals surface area contributed by atoms with Gasteiger partial charge in [0.05, 0.1) is 18.4 Å².